The van der Waals surface area contributed by atoms with E-state index in [0.717, 1.165) is 17.1 Å². The van der Waals surface area contributed by atoms with E-state index in [0.29, 0.717) is 0 Å². The van der Waals surface area contributed by atoms with Crippen LogP contribution in [0.3, 0.4) is 0 Å². The van der Waals surface area contributed by atoms with Crippen LogP contribution in [0, 0.1) is 0 Å². The Bertz CT molecular complexity index is 3150. The number of hydrogen-bond acceptors (Lipinski definition) is 2. The highest BCUT2D eigenvalue weighted by Gasteiger charge is 2.51. The third-order valence-electron chi connectivity index (χ3n) is 13.3. The summed E-state index contributed by atoms with van der Waals surface area (Å²) in [6.07, 6.45) is 0. The van der Waals surface area contributed by atoms with Gasteiger partial charge in [0.2, 0.25) is 0 Å². The molecule has 3 aliphatic rings. The van der Waals surface area contributed by atoms with Crippen LogP contribution in [0.1, 0.15) is 47.2 Å². The second kappa shape index (κ2) is 13.3. The Morgan fingerprint density at radius 3 is 1.67 bits per heavy atom. The van der Waals surface area contributed by atoms with Crippen molar-refractivity contribution < 1.29 is 0 Å². The molecule has 2 heteroatoms. The first-order valence-electron chi connectivity index (χ1n) is 20.9. The van der Waals surface area contributed by atoms with E-state index >= 15 is 0 Å². The molecular weight excluding hydrogens is 743 g/mol. The fraction of sp³-hybridized carbons (Fsp3) is 0.0690. The van der Waals surface area contributed by atoms with Gasteiger partial charge in [0.1, 0.15) is 0 Å². The quantitative estimate of drug-likeness (QED) is 0.171. The van der Waals surface area contributed by atoms with Crippen molar-refractivity contribution >= 4 is 28.8 Å². The Balaban J connectivity index is 1.04. The maximum absolute atomic E-state index is 2.48. The molecule has 1 unspecified atom stereocenters. The highest BCUT2D eigenvalue weighted by atomic mass is 32.2. The Morgan fingerprint density at radius 2 is 0.883 bits per heavy atom. The third-order valence-corrected chi connectivity index (χ3v) is 14.5. The molecule has 60 heavy (non-hydrogen) atoms. The molecule has 0 bridgehead atoms. The van der Waals surface area contributed by atoms with Crippen molar-refractivity contribution in [3.63, 3.8) is 0 Å². The Kier molecular flexibility index (Phi) is 7.80. The predicted molar refractivity (Wildman–Crippen MR) is 251 cm³/mol. The second-order valence-electron chi connectivity index (χ2n) is 16.8. The van der Waals surface area contributed by atoms with Crippen molar-refractivity contribution in [1.82, 2.24) is 0 Å². The lowest BCUT2D eigenvalue weighted by atomic mass is 9.65. The van der Waals surface area contributed by atoms with Crippen molar-refractivity contribution in [2.45, 2.75) is 34.5 Å². The van der Waals surface area contributed by atoms with Crippen LogP contribution in [0.4, 0.5) is 17.1 Å². The van der Waals surface area contributed by atoms with Gasteiger partial charge in [0.15, 0.2) is 0 Å². The zero-order chi connectivity index (χ0) is 40.0. The van der Waals surface area contributed by atoms with E-state index in [1.54, 1.807) is 0 Å². The number of para-hydroxylation sites is 1. The van der Waals surface area contributed by atoms with Gasteiger partial charge in [-0.1, -0.05) is 183 Å². The van der Waals surface area contributed by atoms with E-state index in [4.69, 9.17) is 0 Å². The van der Waals surface area contributed by atoms with Crippen LogP contribution in [0.2, 0.25) is 0 Å². The van der Waals surface area contributed by atoms with E-state index < -0.39 is 5.41 Å². The molecule has 1 heterocycles. The van der Waals surface area contributed by atoms with Crippen LogP contribution < -0.4 is 4.90 Å². The molecule has 1 nitrogen and oxygen atoms in total. The van der Waals surface area contributed by atoms with Crippen LogP contribution in [-0.4, -0.2) is 0 Å². The first-order valence-corrected chi connectivity index (χ1v) is 21.7. The van der Waals surface area contributed by atoms with E-state index in [-0.39, 0.29) is 5.41 Å². The van der Waals surface area contributed by atoms with Crippen LogP contribution >= 0.6 is 11.8 Å². The number of anilines is 3. The first-order chi connectivity index (χ1) is 29.5. The molecule has 0 radical (unpaired) electrons. The van der Waals surface area contributed by atoms with Gasteiger partial charge >= 0.3 is 0 Å². The summed E-state index contributed by atoms with van der Waals surface area (Å²) in [7, 11) is 0. The van der Waals surface area contributed by atoms with Gasteiger partial charge in [0.05, 0.1) is 5.41 Å². The molecule has 0 fully saturated rings. The number of rotatable bonds is 5. The van der Waals surface area contributed by atoms with Gasteiger partial charge in [-0.05, 0) is 132 Å². The lowest BCUT2D eigenvalue weighted by Crippen LogP contribution is -2.32. The molecule has 0 amide bonds. The minimum atomic E-state index is -0.506. The molecule has 9 aromatic rings. The van der Waals surface area contributed by atoms with Crippen molar-refractivity contribution in [3.8, 4) is 44.5 Å². The van der Waals surface area contributed by atoms with Gasteiger partial charge in [-0.25, -0.2) is 0 Å². The topological polar surface area (TPSA) is 3.24 Å². The Morgan fingerprint density at radius 1 is 0.333 bits per heavy atom. The molecule has 12 rings (SSSR count). The average Bonchev–Trinajstić information content (AvgIpc) is 3.73. The van der Waals surface area contributed by atoms with Crippen LogP contribution in [0.15, 0.2) is 222 Å². The predicted octanol–water partition coefficient (Wildman–Crippen LogP) is 15.6. The number of benzene rings is 9. The zero-order valence-corrected chi connectivity index (χ0v) is 34.4. The fourth-order valence-electron chi connectivity index (χ4n) is 10.7. The van der Waals surface area contributed by atoms with Crippen LogP contribution in [0.25, 0.3) is 44.5 Å². The van der Waals surface area contributed by atoms with E-state index in [1.807, 2.05) is 11.8 Å². The van der Waals surface area contributed by atoms with Gasteiger partial charge in [0.25, 0.3) is 0 Å². The lowest BCUT2D eigenvalue weighted by molar-refractivity contribution is 0.660. The molecule has 9 aromatic carbocycles. The zero-order valence-electron chi connectivity index (χ0n) is 33.6. The molecule has 0 saturated carbocycles. The Labute approximate surface area is 356 Å². The smallest absolute Gasteiger partial charge is 0.0741 e. The molecule has 1 atom stereocenters. The normalized spacial score (nSPS) is 16.0. The number of hydrogen-bond donors (Lipinski definition) is 0. The minimum absolute atomic E-state index is 0.0912. The highest BCUT2D eigenvalue weighted by Crippen LogP contribution is 2.64. The summed E-state index contributed by atoms with van der Waals surface area (Å²) in [5.41, 5.74) is 21.2. The maximum Gasteiger partial charge on any atom is 0.0741 e. The van der Waals surface area contributed by atoms with Crippen molar-refractivity contribution in [2.24, 2.45) is 0 Å². The summed E-state index contributed by atoms with van der Waals surface area (Å²) in [5, 5.41) is 0. The van der Waals surface area contributed by atoms with Gasteiger partial charge < -0.3 is 4.90 Å². The molecule has 0 N–H and O–H groups in total. The van der Waals surface area contributed by atoms with Crippen molar-refractivity contribution in [2.75, 3.05) is 4.90 Å². The highest BCUT2D eigenvalue weighted by molar-refractivity contribution is 7.99. The van der Waals surface area contributed by atoms with Gasteiger partial charge in [-0.15, -0.1) is 0 Å². The largest absolute Gasteiger partial charge is 0.310 e. The summed E-state index contributed by atoms with van der Waals surface area (Å²) in [4.78, 5) is 5.02. The number of nitrogens with zero attached hydrogens (tertiary/aromatic N) is 1. The summed E-state index contributed by atoms with van der Waals surface area (Å²) < 4.78 is 0. The molecule has 1 spiro atoms. The summed E-state index contributed by atoms with van der Waals surface area (Å²) in [6.45, 7) is 4.72. The second-order valence-corrected chi connectivity index (χ2v) is 17.9. The monoisotopic (exact) mass is 783 g/mol. The van der Waals surface area contributed by atoms with Crippen LogP contribution in [-0.2, 0) is 10.8 Å². The molecule has 0 aromatic heterocycles. The minimum Gasteiger partial charge on any atom is -0.310 e. The molecular formula is C58H41NS. The van der Waals surface area contributed by atoms with Gasteiger partial charge in [-0.3, -0.25) is 0 Å². The molecule has 284 valence electrons. The first kappa shape index (κ1) is 35.1. The van der Waals surface area contributed by atoms with Gasteiger partial charge in [-0.2, -0.15) is 0 Å². The van der Waals surface area contributed by atoms with Crippen LogP contribution in [0.5, 0.6) is 0 Å². The van der Waals surface area contributed by atoms with E-state index in [2.05, 4.69) is 231 Å². The molecule has 2 aliphatic carbocycles. The molecule has 0 saturated heterocycles. The Hall–Kier alpha value is -6.87. The maximum atomic E-state index is 2.48. The number of fused-ring (bicyclic) bond motifs is 12. The standard InChI is InChI=1S/C58H41NS/c1-57(2)49-24-11-9-20-45(49)47-34-33-43(37-52(47)57)59(41-18-7-4-8-19-41)42-31-28-39(29-32-42)44-22-15-23-48-46-21-10-12-25-50(46)58(56(44)48)51-26-13-14-27-54(51)60-55-35-30-40(36-53(55)58)38-16-5-3-6-17-38/h3-37H,1-2H3. The lowest BCUT2D eigenvalue weighted by Gasteiger charge is -2.41. The van der Waals surface area contributed by atoms with Crippen molar-refractivity contribution in [3.05, 3.63) is 246 Å². The van der Waals surface area contributed by atoms with Crippen molar-refractivity contribution in [1.29, 1.82) is 0 Å². The fourth-order valence-corrected chi connectivity index (χ4v) is 11.8. The molecule has 1 aliphatic heterocycles. The van der Waals surface area contributed by atoms with E-state index in [9.17, 15) is 0 Å². The van der Waals surface area contributed by atoms with Gasteiger partial charge in [0, 0.05) is 32.3 Å². The average molecular weight is 784 g/mol. The third kappa shape index (κ3) is 5.01. The summed E-state index contributed by atoms with van der Waals surface area (Å²) >= 11 is 1.90. The summed E-state index contributed by atoms with van der Waals surface area (Å²) in [5.74, 6) is 0. The summed E-state index contributed by atoms with van der Waals surface area (Å²) in [6, 6.07) is 79.2. The SMILES string of the molecule is CC1(C)c2ccccc2-c2ccc(N(c3ccccc3)c3ccc(-c4cccc5c4C4(c6ccccc6Sc6ccc(-c7ccccc7)cc64)c4ccccc4-5)cc3)cc21. The van der Waals surface area contributed by atoms with E-state index in [1.165, 1.54) is 87.7 Å².